The minimum atomic E-state index is -4.16. The van der Waals surface area contributed by atoms with Crippen LogP contribution in [-0.2, 0) is 13.1 Å². The third-order valence-electron chi connectivity index (χ3n) is 4.09. The molecule has 0 radical (unpaired) electrons. The Balaban J connectivity index is 0.00000338. The Hall–Kier alpha value is -1.03. The van der Waals surface area contributed by atoms with Crippen LogP contribution in [0.1, 0.15) is 37.3 Å². The summed E-state index contributed by atoms with van der Waals surface area (Å²) in [6.07, 6.45) is -2.47. The van der Waals surface area contributed by atoms with Crippen molar-refractivity contribution >= 4 is 29.9 Å². The molecule has 0 amide bonds. The second-order valence-electron chi connectivity index (χ2n) is 6.29. The number of hydrogen-bond acceptors (Lipinski definition) is 2. The first-order valence-corrected chi connectivity index (χ1v) is 8.85. The minimum absolute atomic E-state index is 0. The smallest absolute Gasteiger partial charge is 0.357 e. The molecule has 0 aliphatic carbocycles. The maximum absolute atomic E-state index is 12.2. The molecule has 8 heteroatoms. The number of nitrogens with zero attached hydrogens (tertiary/aromatic N) is 2. The molecule has 0 aromatic heterocycles. The summed E-state index contributed by atoms with van der Waals surface area (Å²) in [5.74, 6) is 0.410. The minimum Gasteiger partial charge on any atom is -0.357 e. The number of benzene rings is 1. The third kappa shape index (κ3) is 9.07. The largest absolute Gasteiger partial charge is 0.390 e. The van der Waals surface area contributed by atoms with Gasteiger partial charge >= 0.3 is 6.18 Å². The lowest BCUT2D eigenvalue weighted by molar-refractivity contribution is -0.132. The van der Waals surface area contributed by atoms with E-state index < -0.39 is 12.6 Å². The van der Waals surface area contributed by atoms with Crippen molar-refractivity contribution < 1.29 is 13.2 Å². The van der Waals surface area contributed by atoms with Crippen LogP contribution in [0.25, 0.3) is 0 Å². The molecule has 0 saturated carbocycles. The second-order valence-corrected chi connectivity index (χ2v) is 6.29. The van der Waals surface area contributed by atoms with Gasteiger partial charge in [0.15, 0.2) is 5.96 Å². The Labute approximate surface area is 170 Å². The lowest BCUT2D eigenvalue weighted by Crippen LogP contribution is -2.38. The first kappa shape index (κ1) is 23.0. The van der Waals surface area contributed by atoms with Gasteiger partial charge in [-0.1, -0.05) is 24.3 Å². The number of nitrogens with one attached hydrogen (secondary N) is 2. The summed E-state index contributed by atoms with van der Waals surface area (Å²) < 4.78 is 36.7. The van der Waals surface area contributed by atoms with Gasteiger partial charge in [0.1, 0.15) is 0 Å². The van der Waals surface area contributed by atoms with E-state index in [0.29, 0.717) is 19.0 Å². The molecule has 1 aromatic rings. The Morgan fingerprint density at radius 3 is 2.27 bits per heavy atom. The van der Waals surface area contributed by atoms with Crippen LogP contribution in [0.4, 0.5) is 13.2 Å². The molecule has 1 fully saturated rings. The van der Waals surface area contributed by atoms with Gasteiger partial charge in [-0.05, 0) is 44.0 Å². The van der Waals surface area contributed by atoms with E-state index in [1.54, 1.807) is 0 Å². The summed E-state index contributed by atoms with van der Waals surface area (Å²) in [4.78, 5) is 6.80. The van der Waals surface area contributed by atoms with Crippen molar-refractivity contribution in [3.05, 3.63) is 35.4 Å². The summed E-state index contributed by atoms with van der Waals surface area (Å²) in [7, 11) is 0. The van der Waals surface area contributed by atoms with Crippen LogP contribution in [0.3, 0.4) is 0 Å². The molecule has 2 N–H and O–H groups in total. The van der Waals surface area contributed by atoms with Crippen molar-refractivity contribution in [3.63, 3.8) is 0 Å². The van der Waals surface area contributed by atoms with Gasteiger partial charge in [-0.15, -0.1) is 24.0 Å². The first-order valence-electron chi connectivity index (χ1n) is 8.85. The summed E-state index contributed by atoms with van der Waals surface area (Å²) in [6.45, 7) is 6.06. The molecule has 2 rings (SSSR count). The van der Waals surface area contributed by atoms with E-state index in [1.165, 1.54) is 31.5 Å². The highest BCUT2D eigenvalue weighted by Crippen LogP contribution is 2.18. The normalized spacial score (nSPS) is 15.6. The number of hydrogen-bond donors (Lipinski definition) is 2. The zero-order valence-electron chi connectivity index (χ0n) is 15.1. The predicted octanol–water partition coefficient (Wildman–Crippen LogP) is 3.91. The molecule has 0 bridgehead atoms. The second kappa shape index (κ2) is 11.6. The van der Waals surface area contributed by atoms with E-state index in [9.17, 15) is 13.2 Å². The van der Waals surface area contributed by atoms with Crippen molar-refractivity contribution in [2.75, 3.05) is 26.2 Å². The molecule has 26 heavy (non-hydrogen) atoms. The van der Waals surface area contributed by atoms with Crippen LogP contribution in [-0.4, -0.2) is 43.2 Å². The van der Waals surface area contributed by atoms with E-state index in [0.717, 1.165) is 12.1 Å². The molecule has 4 nitrogen and oxygen atoms in total. The Kier molecular flexibility index (Phi) is 10.3. The van der Waals surface area contributed by atoms with Crippen molar-refractivity contribution in [3.8, 4) is 0 Å². The van der Waals surface area contributed by atoms with Crippen molar-refractivity contribution in [1.29, 1.82) is 0 Å². The highest BCUT2D eigenvalue weighted by molar-refractivity contribution is 14.0. The average molecular weight is 484 g/mol. The van der Waals surface area contributed by atoms with Crippen LogP contribution in [0.15, 0.2) is 29.3 Å². The summed E-state index contributed by atoms with van der Waals surface area (Å²) in [5.41, 5.74) is 2.32. The fourth-order valence-corrected chi connectivity index (χ4v) is 2.78. The van der Waals surface area contributed by atoms with Gasteiger partial charge in [0.2, 0.25) is 0 Å². The standard InChI is InChI=1S/C18H27F3N4.HI/c1-2-22-17(23-10-9-18(19,20)21)24-13-15-5-7-16(8-6-15)14-25-11-3-4-12-25;/h5-8H,2-4,9-14H2,1H3,(H2,22,23,24);1H. The Morgan fingerprint density at radius 1 is 1.08 bits per heavy atom. The monoisotopic (exact) mass is 484 g/mol. The zero-order valence-corrected chi connectivity index (χ0v) is 17.4. The topological polar surface area (TPSA) is 39.7 Å². The van der Waals surface area contributed by atoms with E-state index in [4.69, 9.17) is 0 Å². The van der Waals surface area contributed by atoms with Crippen LogP contribution in [0.2, 0.25) is 0 Å². The van der Waals surface area contributed by atoms with Crippen LogP contribution in [0.5, 0.6) is 0 Å². The van der Waals surface area contributed by atoms with Gasteiger partial charge in [-0.25, -0.2) is 4.99 Å². The highest BCUT2D eigenvalue weighted by atomic mass is 127. The third-order valence-corrected chi connectivity index (χ3v) is 4.09. The predicted molar refractivity (Wildman–Crippen MR) is 110 cm³/mol. The molecule has 1 aliphatic rings. The van der Waals surface area contributed by atoms with Gasteiger partial charge in [-0.2, -0.15) is 13.2 Å². The summed E-state index contributed by atoms with van der Waals surface area (Å²) in [5, 5.41) is 5.68. The van der Waals surface area contributed by atoms with Gasteiger partial charge in [-0.3, -0.25) is 4.90 Å². The molecule has 0 unspecified atom stereocenters. The molecule has 1 aromatic carbocycles. The molecule has 1 saturated heterocycles. The quantitative estimate of drug-likeness (QED) is 0.351. The maximum Gasteiger partial charge on any atom is 0.390 e. The zero-order chi connectivity index (χ0) is 18.1. The van der Waals surface area contributed by atoms with Gasteiger partial charge in [0.25, 0.3) is 0 Å². The van der Waals surface area contributed by atoms with E-state index in [1.807, 2.05) is 19.1 Å². The number of rotatable bonds is 7. The van der Waals surface area contributed by atoms with Gasteiger partial charge < -0.3 is 10.6 Å². The van der Waals surface area contributed by atoms with Crippen molar-refractivity contribution in [1.82, 2.24) is 15.5 Å². The van der Waals surface area contributed by atoms with Gasteiger partial charge in [0, 0.05) is 19.6 Å². The maximum atomic E-state index is 12.2. The van der Waals surface area contributed by atoms with E-state index >= 15 is 0 Å². The average Bonchev–Trinajstić information content (AvgIpc) is 3.06. The molecule has 0 spiro atoms. The fourth-order valence-electron chi connectivity index (χ4n) is 2.78. The van der Waals surface area contributed by atoms with Crippen LogP contribution < -0.4 is 10.6 Å². The first-order chi connectivity index (χ1) is 12.0. The SMILES string of the molecule is CCNC(=NCc1ccc(CN2CCCC2)cc1)NCCC(F)(F)F.I. The number of likely N-dealkylation sites (tertiary alicyclic amines) is 1. The van der Waals surface area contributed by atoms with Crippen LogP contribution in [0, 0.1) is 0 Å². The molecular formula is C18H28F3IN4. The van der Waals surface area contributed by atoms with Crippen molar-refractivity contribution in [2.24, 2.45) is 4.99 Å². The molecular weight excluding hydrogens is 456 g/mol. The lowest BCUT2D eigenvalue weighted by atomic mass is 10.1. The Morgan fingerprint density at radius 2 is 1.69 bits per heavy atom. The number of guanidine groups is 1. The summed E-state index contributed by atoms with van der Waals surface area (Å²) >= 11 is 0. The molecule has 0 atom stereocenters. The Bertz CT molecular complexity index is 540. The molecule has 1 aliphatic heterocycles. The fraction of sp³-hybridized carbons (Fsp3) is 0.611. The number of aliphatic imine (C=N–C) groups is 1. The van der Waals surface area contributed by atoms with Crippen LogP contribution >= 0.6 is 24.0 Å². The highest BCUT2D eigenvalue weighted by Gasteiger charge is 2.26. The van der Waals surface area contributed by atoms with E-state index in [2.05, 4.69) is 32.7 Å². The molecule has 148 valence electrons. The lowest BCUT2D eigenvalue weighted by Gasteiger charge is -2.14. The van der Waals surface area contributed by atoms with Gasteiger partial charge in [0.05, 0.1) is 13.0 Å². The summed E-state index contributed by atoms with van der Waals surface area (Å²) in [6, 6.07) is 8.28. The van der Waals surface area contributed by atoms with Crippen molar-refractivity contribution in [2.45, 2.75) is 45.5 Å². The number of halogens is 4. The molecule has 1 heterocycles. The number of alkyl halides is 3. The van der Waals surface area contributed by atoms with E-state index in [-0.39, 0.29) is 30.5 Å².